The predicted octanol–water partition coefficient (Wildman–Crippen LogP) is 7.40. The van der Waals surface area contributed by atoms with Crippen molar-refractivity contribution in [2.45, 2.75) is 0 Å². The summed E-state index contributed by atoms with van der Waals surface area (Å²) in [5, 5.41) is 8.76. The van der Waals surface area contributed by atoms with E-state index in [1.165, 1.54) is 32.7 Å². The van der Waals surface area contributed by atoms with Gasteiger partial charge in [0, 0.05) is 16.6 Å². The molecule has 1 heteroatoms. The molecule has 0 atom stereocenters. The molecule has 0 spiro atoms. The fourth-order valence-corrected chi connectivity index (χ4v) is 3.84. The molecule has 0 aliphatic heterocycles. The number of rotatable bonds is 3. The van der Waals surface area contributed by atoms with E-state index in [9.17, 15) is 0 Å². The lowest BCUT2D eigenvalue weighted by Gasteiger charge is -2.19. The van der Waals surface area contributed by atoms with Crippen LogP contribution in [0.5, 0.6) is 0 Å². The van der Waals surface area contributed by atoms with Crippen LogP contribution >= 0.6 is 0 Å². The van der Waals surface area contributed by atoms with Gasteiger partial charge < -0.3 is 5.32 Å². The highest BCUT2D eigenvalue weighted by atomic mass is 14.9. The minimum atomic E-state index is 1.09. The molecule has 0 aliphatic rings. The lowest BCUT2D eigenvalue weighted by Crippen LogP contribution is -1.96. The molecule has 1 nitrogen and oxygen atoms in total. The molecule has 0 fully saturated rings. The minimum Gasteiger partial charge on any atom is -0.354 e. The van der Waals surface area contributed by atoms with Gasteiger partial charge in [-0.1, -0.05) is 97.1 Å². The number of para-hydroxylation sites is 1. The van der Waals surface area contributed by atoms with Crippen LogP contribution in [0.25, 0.3) is 32.7 Å². The third-order valence-electron chi connectivity index (χ3n) is 5.04. The van der Waals surface area contributed by atoms with Gasteiger partial charge in [-0.2, -0.15) is 0 Å². The molecule has 0 bridgehead atoms. The number of benzene rings is 5. The molecule has 0 unspecified atom stereocenters. The first-order valence-corrected chi connectivity index (χ1v) is 9.23. The first kappa shape index (κ1) is 15.7. The van der Waals surface area contributed by atoms with E-state index in [2.05, 4.69) is 108 Å². The highest BCUT2D eigenvalue weighted by Gasteiger charge is 2.15. The Balaban J connectivity index is 1.92. The summed E-state index contributed by atoms with van der Waals surface area (Å²) in [7, 11) is 0. The average molecular weight is 345 g/mol. The molecule has 5 aromatic carbocycles. The first-order chi connectivity index (χ1) is 13.4. The van der Waals surface area contributed by atoms with Crippen LogP contribution in [0.1, 0.15) is 0 Å². The summed E-state index contributed by atoms with van der Waals surface area (Å²) in [5.41, 5.74) is 4.71. The maximum atomic E-state index is 3.71. The normalized spacial score (nSPS) is 11.0. The Kier molecular flexibility index (Phi) is 3.84. The fraction of sp³-hybridized carbons (Fsp3) is 0. The largest absolute Gasteiger partial charge is 0.354 e. The Morgan fingerprint density at radius 1 is 0.407 bits per heavy atom. The Morgan fingerprint density at radius 2 is 0.889 bits per heavy atom. The molecular formula is C26H19N. The van der Waals surface area contributed by atoms with E-state index in [0.29, 0.717) is 0 Å². The summed E-state index contributed by atoms with van der Waals surface area (Å²) >= 11 is 0. The molecule has 0 aliphatic carbocycles. The Labute approximate surface area is 158 Å². The van der Waals surface area contributed by atoms with E-state index in [4.69, 9.17) is 0 Å². The SMILES string of the molecule is c1ccc(Nc2c(-c3ccccc3)c3ccccc3c3ccccc23)cc1. The molecule has 128 valence electrons. The van der Waals surface area contributed by atoms with Crippen molar-refractivity contribution in [3.05, 3.63) is 109 Å². The summed E-state index contributed by atoms with van der Waals surface area (Å²) < 4.78 is 0. The number of hydrogen-bond donors (Lipinski definition) is 1. The van der Waals surface area contributed by atoms with Gasteiger partial charge in [-0.05, 0) is 33.9 Å². The van der Waals surface area contributed by atoms with Gasteiger partial charge in [0.1, 0.15) is 0 Å². The second-order valence-corrected chi connectivity index (χ2v) is 6.70. The van der Waals surface area contributed by atoms with Crippen molar-refractivity contribution < 1.29 is 0 Å². The molecule has 27 heavy (non-hydrogen) atoms. The maximum absolute atomic E-state index is 3.71. The van der Waals surface area contributed by atoms with Crippen LogP contribution in [0.4, 0.5) is 11.4 Å². The summed E-state index contributed by atoms with van der Waals surface area (Å²) in [6.45, 7) is 0. The van der Waals surface area contributed by atoms with E-state index >= 15 is 0 Å². The van der Waals surface area contributed by atoms with Gasteiger partial charge in [0.2, 0.25) is 0 Å². The van der Waals surface area contributed by atoms with E-state index in [1.807, 2.05) is 6.07 Å². The average Bonchev–Trinajstić information content (AvgIpc) is 2.75. The molecule has 5 rings (SSSR count). The van der Waals surface area contributed by atoms with Gasteiger partial charge in [0.05, 0.1) is 5.69 Å². The molecule has 0 saturated heterocycles. The van der Waals surface area contributed by atoms with Gasteiger partial charge in [-0.3, -0.25) is 0 Å². The second-order valence-electron chi connectivity index (χ2n) is 6.70. The monoisotopic (exact) mass is 345 g/mol. The van der Waals surface area contributed by atoms with Gasteiger partial charge in [0.15, 0.2) is 0 Å². The zero-order valence-electron chi connectivity index (χ0n) is 14.9. The van der Waals surface area contributed by atoms with Crippen molar-refractivity contribution in [1.82, 2.24) is 0 Å². The molecule has 1 N–H and O–H groups in total. The highest BCUT2D eigenvalue weighted by Crippen LogP contribution is 2.43. The number of fused-ring (bicyclic) bond motifs is 3. The first-order valence-electron chi connectivity index (χ1n) is 9.23. The second kappa shape index (κ2) is 6.62. The van der Waals surface area contributed by atoms with Crippen LogP contribution in [-0.4, -0.2) is 0 Å². The van der Waals surface area contributed by atoms with Crippen molar-refractivity contribution in [1.29, 1.82) is 0 Å². The zero-order valence-corrected chi connectivity index (χ0v) is 14.9. The van der Waals surface area contributed by atoms with E-state index < -0.39 is 0 Å². The summed E-state index contributed by atoms with van der Waals surface area (Å²) in [6.07, 6.45) is 0. The van der Waals surface area contributed by atoms with Crippen molar-refractivity contribution in [3.63, 3.8) is 0 Å². The number of anilines is 2. The number of nitrogens with one attached hydrogen (secondary N) is 1. The van der Waals surface area contributed by atoms with Crippen LogP contribution in [0.3, 0.4) is 0 Å². The topological polar surface area (TPSA) is 12.0 Å². The Hall–Kier alpha value is -3.58. The molecule has 0 amide bonds. The van der Waals surface area contributed by atoms with Gasteiger partial charge in [0.25, 0.3) is 0 Å². The summed E-state index contributed by atoms with van der Waals surface area (Å²) in [5.74, 6) is 0. The van der Waals surface area contributed by atoms with E-state index in [-0.39, 0.29) is 0 Å². The maximum Gasteiger partial charge on any atom is 0.0550 e. The molecular weight excluding hydrogens is 326 g/mol. The third kappa shape index (κ3) is 2.74. The van der Waals surface area contributed by atoms with Crippen LogP contribution in [0, 0.1) is 0 Å². The predicted molar refractivity (Wildman–Crippen MR) is 117 cm³/mol. The molecule has 0 radical (unpaired) electrons. The van der Waals surface area contributed by atoms with E-state index in [0.717, 1.165) is 11.4 Å². The molecule has 5 aromatic rings. The van der Waals surface area contributed by atoms with Crippen molar-refractivity contribution >= 4 is 32.9 Å². The van der Waals surface area contributed by atoms with Gasteiger partial charge in [-0.25, -0.2) is 0 Å². The van der Waals surface area contributed by atoms with Crippen molar-refractivity contribution in [2.75, 3.05) is 5.32 Å². The van der Waals surface area contributed by atoms with Gasteiger partial charge >= 0.3 is 0 Å². The molecule has 0 saturated carbocycles. The van der Waals surface area contributed by atoms with Crippen molar-refractivity contribution in [3.8, 4) is 11.1 Å². The highest BCUT2D eigenvalue weighted by molar-refractivity contribution is 6.21. The van der Waals surface area contributed by atoms with Crippen LogP contribution in [0.2, 0.25) is 0 Å². The van der Waals surface area contributed by atoms with Crippen LogP contribution < -0.4 is 5.32 Å². The lowest BCUT2D eigenvalue weighted by molar-refractivity contribution is 1.57. The Morgan fingerprint density at radius 3 is 1.56 bits per heavy atom. The number of hydrogen-bond acceptors (Lipinski definition) is 1. The summed E-state index contributed by atoms with van der Waals surface area (Å²) in [6, 6.07) is 38.4. The molecule has 0 aromatic heterocycles. The van der Waals surface area contributed by atoms with Crippen molar-refractivity contribution in [2.24, 2.45) is 0 Å². The molecule has 0 heterocycles. The Bertz CT molecular complexity index is 1220. The summed E-state index contributed by atoms with van der Waals surface area (Å²) in [4.78, 5) is 0. The minimum absolute atomic E-state index is 1.09. The third-order valence-corrected chi connectivity index (χ3v) is 5.04. The van der Waals surface area contributed by atoms with Gasteiger partial charge in [-0.15, -0.1) is 0 Å². The lowest BCUT2D eigenvalue weighted by atomic mass is 9.91. The van der Waals surface area contributed by atoms with Crippen LogP contribution in [0.15, 0.2) is 109 Å². The fourth-order valence-electron chi connectivity index (χ4n) is 3.84. The smallest absolute Gasteiger partial charge is 0.0550 e. The van der Waals surface area contributed by atoms with Crippen LogP contribution in [-0.2, 0) is 0 Å². The standard InChI is InChI=1S/C26H19N/c1-3-11-19(12-4-1)25-23-17-9-7-15-21(23)22-16-8-10-18-24(22)26(25)27-20-13-5-2-6-14-20/h1-18,27H. The van der Waals surface area contributed by atoms with E-state index in [1.54, 1.807) is 0 Å². The quantitative estimate of drug-likeness (QED) is 0.336. The zero-order chi connectivity index (χ0) is 18.1.